The van der Waals surface area contributed by atoms with E-state index in [1.807, 2.05) is 29.7 Å². The van der Waals surface area contributed by atoms with Gasteiger partial charge in [-0.25, -0.2) is 9.37 Å². The lowest BCUT2D eigenvalue weighted by molar-refractivity contribution is 0.102. The SMILES string of the molecule is Cc1nnc(SCc2nc(C(=O)Nc3ccccc3F)cs2)n1-c1cccc(Cl)c1. The Kier molecular flexibility index (Phi) is 6.12. The van der Waals surface area contributed by atoms with E-state index in [0.29, 0.717) is 15.9 Å². The standard InChI is InChI=1S/C20H15ClFN5OS2/c1-12-25-26-20(27(12)14-6-4-5-13(21)9-14)30-11-18-23-17(10-29-18)19(28)24-16-8-3-2-7-15(16)22/h2-10H,11H2,1H3,(H,24,28). The van der Waals surface area contributed by atoms with Crippen molar-refractivity contribution in [1.29, 1.82) is 0 Å². The molecule has 0 bridgehead atoms. The summed E-state index contributed by atoms with van der Waals surface area (Å²) in [7, 11) is 0. The van der Waals surface area contributed by atoms with Crippen LogP contribution in [-0.4, -0.2) is 25.7 Å². The van der Waals surface area contributed by atoms with Crippen LogP contribution in [0.25, 0.3) is 5.69 Å². The van der Waals surface area contributed by atoms with E-state index in [4.69, 9.17) is 11.6 Å². The van der Waals surface area contributed by atoms with E-state index in [9.17, 15) is 9.18 Å². The highest BCUT2D eigenvalue weighted by atomic mass is 35.5. The van der Waals surface area contributed by atoms with Crippen molar-refractivity contribution < 1.29 is 9.18 Å². The molecule has 0 saturated heterocycles. The first-order valence-electron chi connectivity index (χ1n) is 8.82. The molecule has 6 nitrogen and oxygen atoms in total. The lowest BCUT2D eigenvalue weighted by atomic mass is 10.3. The number of nitrogens with one attached hydrogen (secondary N) is 1. The number of hydrogen-bond acceptors (Lipinski definition) is 6. The van der Waals surface area contributed by atoms with Gasteiger partial charge in [0.25, 0.3) is 5.91 Å². The number of hydrogen-bond donors (Lipinski definition) is 1. The highest BCUT2D eigenvalue weighted by Gasteiger charge is 2.16. The third kappa shape index (κ3) is 4.53. The first kappa shape index (κ1) is 20.5. The van der Waals surface area contributed by atoms with Crippen LogP contribution in [0.15, 0.2) is 59.1 Å². The summed E-state index contributed by atoms with van der Waals surface area (Å²) < 4.78 is 15.6. The van der Waals surface area contributed by atoms with Crippen LogP contribution in [0, 0.1) is 12.7 Å². The molecule has 0 spiro atoms. The van der Waals surface area contributed by atoms with Crippen molar-refractivity contribution in [1.82, 2.24) is 19.7 Å². The number of thioether (sulfide) groups is 1. The highest BCUT2D eigenvalue weighted by molar-refractivity contribution is 7.98. The quantitative estimate of drug-likeness (QED) is 0.392. The van der Waals surface area contributed by atoms with Gasteiger partial charge in [-0.15, -0.1) is 21.5 Å². The van der Waals surface area contributed by atoms with Crippen LogP contribution in [0.4, 0.5) is 10.1 Å². The van der Waals surface area contributed by atoms with Crippen LogP contribution in [0.5, 0.6) is 0 Å². The van der Waals surface area contributed by atoms with Gasteiger partial charge in [-0.1, -0.05) is 41.6 Å². The van der Waals surface area contributed by atoms with Gasteiger partial charge in [-0.2, -0.15) is 0 Å². The highest BCUT2D eigenvalue weighted by Crippen LogP contribution is 2.27. The van der Waals surface area contributed by atoms with Crippen molar-refractivity contribution in [3.63, 3.8) is 0 Å². The number of rotatable bonds is 6. The smallest absolute Gasteiger partial charge is 0.275 e. The Morgan fingerprint density at radius 1 is 1.23 bits per heavy atom. The molecule has 0 aliphatic heterocycles. The van der Waals surface area contributed by atoms with Gasteiger partial charge < -0.3 is 5.32 Å². The van der Waals surface area contributed by atoms with Crippen molar-refractivity contribution in [2.45, 2.75) is 17.8 Å². The fourth-order valence-corrected chi connectivity index (χ4v) is 4.68. The maximum absolute atomic E-state index is 13.7. The molecule has 0 fully saturated rings. The first-order valence-corrected chi connectivity index (χ1v) is 11.1. The van der Waals surface area contributed by atoms with E-state index < -0.39 is 11.7 Å². The normalized spacial score (nSPS) is 10.9. The molecule has 0 radical (unpaired) electrons. The molecule has 2 aromatic carbocycles. The van der Waals surface area contributed by atoms with Gasteiger partial charge >= 0.3 is 0 Å². The fraction of sp³-hybridized carbons (Fsp3) is 0.100. The van der Waals surface area contributed by atoms with E-state index in [1.165, 1.54) is 35.2 Å². The molecule has 0 saturated carbocycles. The van der Waals surface area contributed by atoms with Crippen LogP contribution >= 0.6 is 34.7 Å². The zero-order chi connectivity index (χ0) is 21.1. The molecule has 1 N–H and O–H groups in total. The monoisotopic (exact) mass is 459 g/mol. The Bertz CT molecular complexity index is 1210. The molecule has 0 atom stereocenters. The predicted octanol–water partition coefficient (Wildman–Crippen LogP) is 5.37. The molecule has 4 rings (SSSR count). The summed E-state index contributed by atoms with van der Waals surface area (Å²) >= 11 is 8.92. The summed E-state index contributed by atoms with van der Waals surface area (Å²) in [4.78, 5) is 16.7. The summed E-state index contributed by atoms with van der Waals surface area (Å²) in [6.45, 7) is 1.87. The first-order chi connectivity index (χ1) is 14.5. The predicted molar refractivity (Wildman–Crippen MR) is 117 cm³/mol. The van der Waals surface area contributed by atoms with Gasteiger partial charge in [0, 0.05) is 10.4 Å². The largest absolute Gasteiger partial charge is 0.318 e. The number of halogens is 2. The second-order valence-corrected chi connectivity index (χ2v) is 8.52. The zero-order valence-electron chi connectivity index (χ0n) is 15.7. The topological polar surface area (TPSA) is 72.7 Å². The molecule has 0 aliphatic rings. The maximum atomic E-state index is 13.7. The molecule has 152 valence electrons. The number of thiazole rings is 1. The lowest BCUT2D eigenvalue weighted by Crippen LogP contribution is -2.13. The van der Waals surface area contributed by atoms with Gasteiger partial charge in [0.1, 0.15) is 22.3 Å². The number of carbonyl (C=O) groups is 1. The van der Waals surface area contributed by atoms with Crippen molar-refractivity contribution in [2.24, 2.45) is 0 Å². The Morgan fingerprint density at radius 3 is 2.87 bits per heavy atom. The minimum absolute atomic E-state index is 0.122. The van der Waals surface area contributed by atoms with E-state index in [0.717, 1.165) is 16.5 Å². The van der Waals surface area contributed by atoms with Crippen molar-refractivity contribution in [2.75, 3.05) is 5.32 Å². The third-order valence-electron chi connectivity index (χ3n) is 4.09. The van der Waals surface area contributed by atoms with Gasteiger partial charge in [-0.3, -0.25) is 9.36 Å². The molecule has 0 aliphatic carbocycles. The van der Waals surface area contributed by atoms with Crippen molar-refractivity contribution in [3.05, 3.63) is 81.3 Å². The van der Waals surface area contributed by atoms with Crippen molar-refractivity contribution >= 4 is 46.3 Å². The Balaban J connectivity index is 1.46. The van der Waals surface area contributed by atoms with Crippen LogP contribution in [0.1, 0.15) is 21.3 Å². The van der Waals surface area contributed by atoms with Gasteiger partial charge in [0.2, 0.25) is 0 Å². The Labute approximate surface area is 185 Å². The number of nitrogens with zero attached hydrogens (tertiary/aromatic N) is 4. The maximum Gasteiger partial charge on any atom is 0.275 e. The fourth-order valence-electron chi connectivity index (χ4n) is 2.71. The van der Waals surface area contributed by atoms with Crippen LogP contribution in [0.2, 0.25) is 5.02 Å². The van der Waals surface area contributed by atoms with Gasteiger partial charge in [0.15, 0.2) is 5.16 Å². The number of anilines is 1. The van der Waals surface area contributed by atoms with Gasteiger partial charge in [-0.05, 0) is 37.3 Å². The van der Waals surface area contributed by atoms with E-state index in [-0.39, 0.29) is 11.4 Å². The lowest BCUT2D eigenvalue weighted by Gasteiger charge is -2.08. The number of aryl methyl sites for hydroxylation is 1. The summed E-state index contributed by atoms with van der Waals surface area (Å²) in [6.07, 6.45) is 0. The second-order valence-electron chi connectivity index (χ2n) is 6.19. The third-order valence-corrected chi connectivity index (χ3v) is 6.30. The minimum atomic E-state index is -0.493. The average Bonchev–Trinajstić information content (AvgIpc) is 3.35. The summed E-state index contributed by atoms with van der Waals surface area (Å²) in [5.41, 5.74) is 1.24. The minimum Gasteiger partial charge on any atom is -0.318 e. The average molecular weight is 460 g/mol. The number of carbonyl (C=O) groups excluding carboxylic acids is 1. The Hall–Kier alpha value is -2.75. The molecular weight excluding hydrogens is 445 g/mol. The molecule has 10 heteroatoms. The molecule has 1 amide bonds. The van der Waals surface area contributed by atoms with E-state index in [1.54, 1.807) is 23.6 Å². The van der Waals surface area contributed by atoms with Crippen LogP contribution in [0.3, 0.4) is 0 Å². The molecule has 30 heavy (non-hydrogen) atoms. The van der Waals surface area contributed by atoms with Gasteiger partial charge in [0.05, 0.1) is 17.1 Å². The zero-order valence-corrected chi connectivity index (χ0v) is 18.1. The number of benzene rings is 2. The second kappa shape index (κ2) is 8.95. The molecular formula is C20H15ClFN5OS2. The van der Waals surface area contributed by atoms with Crippen LogP contribution < -0.4 is 5.32 Å². The summed E-state index contributed by atoms with van der Waals surface area (Å²) in [6, 6.07) is 13.5. The molecule has 4 aromatic rings. The molecule has 2 heterocycles. The summed E-state index contributed by atoms with van der Waals surface area (Å²) in [5.74, 6) is 0.304. The number of aromatic nitrogens is 4. The number of para-hydroxylation sites is 1. The molecule has 2 aromatic heterocycles. The van der Waals surface area contributed by atoms with Crippen molar-refractivity contribution in [3.8, 4) is 5.69 Å². The molecule has 0 unspecified atom stereocenters. The van der Waals surface area contributed by atoms with E-state index in [2.05, 4.69) is 20.5 Å². The van der Waals surface area contributed by atoms with E-state index >= 15 is 0 Å². The summed E-state index contributed by atoms with van der Waals surface area (Å²) in [5, 5.41) is 14.6. The Morgan fingerprint density at radius 2 is 2.07 bits per heavy atom. The number of amides is 1. The van der Waals surface area contributed by atoms with Crippen LogP contribution in [-0.2, 0) is 5.75 Å².